The van der Waals surface area contributed by atoms with Crippen molar-refractivity contribution < 1.29 is 0 Å². The highest BCUT2D eigenvalue weighted by Gasteiger charge is 2.38. The summed E-state index contributed by atoms with van der Waals surface area (Å²) < 4.78 is 0. The predicted molar refractivity (Wildman–Crippen MR) is 335 cm³/mol. The quantitative estimate of drug-likeness (QED) is 0.111. The third-order valence-electron chi connectivity index (χ3n) is 17.1. The first kappa shape index (κ1) is 47.0. The van der Waals surface area contributed by atoms with Crippen LogP contribution in [0.2, 0.25) is 0 Å². The van der Waals surface area contributed by atoms with E-state index in [0.717, 1.165) is 60.8 Å². The minimum Gasteiger partial charge on any atom is -0.310 e. The lowest BCUT2D eigenvalue weighted by Gasteiger charge is -2.42. The molecular weight excluding hydrogens is 941 g/mol. The van der Waals surface area contributed by atoms with Crippen LogP contribution in [0.25, 0.3) is 76.5 Å². The Balaban J connectivity index is 1.13. The third kappa shape index (κ3) is 7.10. The van der Waals surface area contributed by atoms with Gasteiger partial charge in [-0.3, -0.25) is 0 Å². The highest BCUT2D eigenvalue weighted by molar-refractivity contribution is 6.26. The van der Waals surface area contributed by atoms with E-state index in [0.29, 0.717) is 0 Å². The van der Waals surface area contributed by atoms with Gasteiger partial charge in [0.05, 0.1) is 22.7 Å². The molecule has 0 saturated heterocycles. The van der Waals surface area contributed by atoms with Crippen LogP contribution in [0, 0.1) is 0 Å². The highest BCUT2D eigenvalue weighted by Crippen LogP contribution is 2.56. The summed E-state index contributed by atoms with van der Waals surface area (Å²) >= 11 is 0. The summed E-state index contributed by atoms with van der Waals surface area (Å²) in [5.41, 5.74) is 20.5. The molecule has 14 rings (SSSR count). The fourth-order valence-corrected chi connectivity index (χ4v) is 13.5. The van der Waals surface area contributed by atoms with Crippen LogP contribution in [0.4, 0.5) is 34.1 Å². The van der Waals surface area contributed by atoms with Crippen molar-refractivity contribution in [3.05, 3.63) is 301 Å². The topological polar surface area (TPSA) is 6.48 Å². The summed E-state index contributed by atoms with van der Waals surface area (Å²) in [7, 11) is 0. The van der Waals surface area contributed by atoms with Gasteiger partial charge in [-0.1, -0.05) is 247 Å². The maximum atomic E-state index is 5.21. The van der Waals surface area contributed by atoms with Gasteiger partial charge >= 0.3 is 0 Å². The Labute approximate surface area is 457 Å². The Morgan fingerprint density at radius 3 is 1.36 bits per heavy atom. The zero-order valence-corrected chi connectivity index (χ0v) is 44.6. The van der Waals surface area contributed by atoms with Crippen molar-refractivity contribution in [3.8, 4) is 22.3 Å². The molecule has 0 bridgehead atoms. The van der Waals surface area contributed by atoms with E-state index in [1.54, 1.807) is 0 Å². The van der Waals surface area contributed by atoms with E-state index in [2.05, 4.69) is 293 Å². The second-order valence-corrected chi connectivity index (χ2v) is 22.1. The largest absolute Gasteiger partial charge is 0.310 e. The van der Waals surface area contributed by atoms with Gasteiger partial charge in [-0.05, 0) is 158 Å². The molecule has 0 atom stereocenters. The SMILES string of the molecule is C=C/C=C(\C(=C)c1c2cc(N3c4ccccc4C(C)(C)c4ccccc43)ccc2c(-c2ccccc2-c2cccc3ccccc23)c2cc(N3c4ccccc4C(C)(C)c4ccccc43)ccc12)c1cccc2ccccc12. The van der Waals surface area contributed by atoms with Gasteiger partial charge in [0.2, 0.25) is 0 Å². The molecule has 12 aromatic carbocycles. The number of allylic oxidation sites excluding steroid dienone is 4. The van der Waals surface area contributed by atoms with Crippen LogP contribution in [-0.4, -0.2) is 0 Å². The van der Waals surface area contributed by atoms with Gasteiger partial charge in [0.15, 0.2) is 0 Å². The van der Waals surface area contributed by atoms with Crippen molar-refractivity contribution in [1.29, 1.82) is 0 Å². The number of hydrogen-bond donors (Lipinski definition) is 0. The van der Waals surface area contributed by atoms with Crippen LogP contribution in [0.15, 0.2) is 268 Å². The average Bonchev–Trinajstić information content (AvgIpc) is 3.65. The average molecular weight is 999 g/mol. The molecule has 12 aromatic rings. The monoisotopic (exact) mass is 998 g/mol. The number of rotatable bonds is 8. The van der Waals surface area contributed by atoms with Crippen LogP contribution >= 0.6 is 0 Å². The van der Waals surface area contributed by atoms with Crippen molar-refractivity contribution in [2.75, 3.05) is 9.80 Å². The normalized spacial score (nSPS) is 14.2. The van der Waals surface area contributed by atoms with Crippen LogP contribution in [0.3, 0.4) is 0 Å². The van der Waals surface area contributed by atoms with Crippen LogP contribution in [-0.2, 0) is 10.8 Å². The fourth-order valence-electron chi connectivity index (χ4n) is 13.5. The van der Waals surface area contributed by atoms with Gasteiger partial charge < -0.3 is 9.80 Å². The van der Waals surface area contributed by atoms with Gasteiger partial charge in [-0.2, -0.15) is 0 Å². The molecule has 2 heterocycles. The lowest BCUT2D eigenvalue weighted by molar-refractivity contribution is 0.632. The summed E-state index contributed by atoms with van der Waals surface area (Å²) in [6, 6.07) is 90.0. The van der Waals surface area contributed by atoms with Gasteiger partial charge in [-0.15, -0.1) is 0 Å². The molecule has 0 amide bonds. The standard InChI is InChI=1S/C76H58N2/c1-7-24-54(57-33-22-27-50-25-8-10-29-55(50)57)49(2)73-61-45-43-53(78-71-41-20-16-37-67(71)76(5,6)68-38-17-21-42-72(68)78)48-64(61)74(60-32-13-12-31-59(60)58-34-23-28-51-26-9-11-30-56(51)58)62-46-44-52(47-63(62)73)77-69-39-18-14-35-65(69)75(3,4)66-36-15-19-40-70(66)77/h7-48H,1-2H2,3-6H3/b54-24+. The van der Waals surface area contributed by atoms with E-state index in [4.69, 9.17) is 6.58 Å². The van der Waals surface area contributed by atoms with Crippen LogP contribution in [0.1, 0.15) is 61.1 Å². The zero-order valence-electron chi connectivity index (χ0n) is 44.6. The minimum absolute atomic E-state index is 0.206. The lowest BCUT2D eigenvalue weighted by atomic mass is 9.73. The smallest absolute Gasteiger partial charge is 0.0502 e. The molecule has 0 fully saturated rings. The van der Waals surface area contributed by atoms with Crippen molar-refractivity contribution in [2.45, 2.75) is 38.5 Å². The lowest BCUT2D eigenvalue weighted by Crippen LogP contribution is -2.30. The number of benzene rings is 12. The summed E-state index contributed by atoms with van der Waals surface area (Å²) in [6.45, 7) is 19.0. The summed E-state index contributed by atoms with van der Waals surface area (Å²) in [4.78, 5) is 4.97. The summed E-state index contributed by atoms with van der Waals surface area (Å²) in [5, 5.41) is 9.29. The van der Waals surface area contributed by atoms with E-state index in [1.807, 2.05) is 6.08 Å². The first-order valence-corrected chi connectivity index (χ1v) is 27.2. The molecule has 78 heavy (non-hydrogen) atoms. The molecular formula is C76H58N2. The molecule has 0 aromatic heterocycles. The Hall–Kier alpha value is -9.50. The Morgan fingerprint density at radius 2 is 0.795 bits per heavy atom. The Bertz CT molecular complexity index is 4400. The predicted octanol–water partition coefficient (Wildman–Crippen LogP) is 21.1. The van der Waals surface area contributed by atoms with Gasteiger partial charge in [0.1, 0.15) is 0 Å². The van der Waals surface area contributed by atoms with Gasteiger partial charge in [-0.25, -0.2) is 0 Å². The maximum absolute atomic E-state index is 5.21. The van der Waals surface area contributed by atoms with E-state index in [-0.39, 0.29) is 10.8 Å². The second kappa shape index (κ2) is 18.1. The molecule has 0 aliphatic carbocycles. The molecule has 0 saturated carbocycles. The summed E-state index contributed by atoms with van der Waals surface area (Å²) in [5.74, 6) is 0. The highest BCUT2D eigenvalue weighted by atomic mass is 15.2. The fraction of sp³-hybridized carbons (Fsp3) is 0.0789. The van der Waals surface area contributed by atoms with Crippen LogP contribution in [0.5, 0.6) is 0 Å². The van der Waals surface area contributed by atoms with E-state index >= 15 is 0 Å². The molecule has 2 aliphatic rings. The number of hydrogen-bond acceptors (Lipinski definition) is 2. The molecule has 2 nitrogen and oxygen atoms in total. The van der Waals surface area contributed by atoms with Gasteiger partial charge in [0.25, 0.3) is 0 Å². The first-order chi connectivity index (χ1) is 38.1. The van der Waals surface area contributed by atoms with Crippen molar-refractivity contribution in [3.63, 3.8) is 0 Å². The summed E-state index contributed by atoms with van der Waals surface area (Å²) in [6.07, 6.45) is 4.08. The molecule has 0 radical (unpaired) electrons. The molecule has 372 valence electrons. The first-order valence-electron chi connectivity index (χ1n) is 27.2. The van der Waals surface area contributed by atoms with Gasteiger partial charge in [0, 0.05) is 22.2 Å². The third-order valence-corrected chi connectivity index (χ3v) is 17.1. The zero-order chi connectivity index (χ0) is 52.9. The van der Waals surface area contributed by atoms with E-state index in [9.17, 15) is 0 Å². The second-order valence-electron chi connectivity index (χ2n) is 22.1. The molecule has 0 spiro atoms. The van der Waals surface area contributed by atoms with Crippen molar-refractivity contribution >= 4 is 88.4 Å². The number of nitrogens with zero attached hydrogens (tertiary/aromatic N) is 2. The van der Waals surface area contributed by atoms with Crippen molar-refractivity contribution in [1.82, 2.24) is 0 Å². The van der Waals surface area contributed by atoms with E-state index < -0.39 is 0 Å². The molecule has 0 N–H and O–H groups in total. The Kier molecular flexibility index (Phi) is 10.9. The maximum Gasteiger partial charge on any atom is 0.0502 e. The molecule has 0 unspecified atom stereocenters. The van der Waals surface area contributed by atoms with E-state index in [1.165, 1.54) is 83.2 Å². The molecule has 2 heteroatoms. The van der Waals surface area contributed by atoms with Crippen LogP contribution < -0.4 is 9.80 Å². The number of anilines is 6. The Morgan fingerprint density at radius 1 is 0.372 bits per heavy atom. The number of para-hydroxylation sites is 4. The molecule has 2 aliphatic heterocycles. The number of fused-ring (bicyclic) bond motifs is 8. The van der Waals surface area contributed by atoms with Crippen molar-refractivity contribution in [2.24, 2.45) is 0 Å². The minimum atomic E-state index is -0.208.